The summed E-state index contributed by atoms with van der Waals surface area (Å²) in [6, 6.07) is -0.110. The lowest BCUT2D eigenvalue weighted by Gasteiger charge is -2.04. The molecule has 0 amide bonds. The van der Waals surface area contributed by atoms with Gasteiger partial charge in [0, 0.05) is 18.9 Å². The third-order valence-corrected chi connectivity index (χ3v) is 1.97. The van der Waals surface area contributed by atoms with Crippen molar-refractivity contribution in [2.45, 2.75) is 26.3 Å². The molecule has 0 saturated heterocycles. The van der Waals surface area contributed by atoms with Gasteiger partial charge in [-0.3, -0.25) is 4.55 Å². The van der Waals surface area contributed by atoms with Crippen molar-refractivity contribution in [1.29, 1.82) is 0 Å². The number of hydrogen-bond donors (Lipinski definition) is 1. The molecule has 1 aromatic rings. The second-order valence-corrected chi connectivity index (χ2v) is 3.79. The molecule has 0 aliphatic carbocycles. The van der Waals surface area contributed by atoms with Gasteiger partial charge in [0.15, 0.2) is 0 Å². The molecule has 0 atom stereocenters. The number of rotatable bonds is 5. The Balaban J connectivity index is 2.72. The normalized spacial score (nSPS) is 11.6. The maximum atomic E-state index is 10.4. The Morgan fingerprint density at radius 2 is 2.36 bits per heavy atom. The summed E-state index contributed by atoms with van der Waals surface area (Å²) >= 11 is 0. The number of nitrogens with zero attached hydrogens (tertiary/aromatic N) is 2. The van der Waals surface area contributed by atoms with E-state index in [0.29, 0.717) is 6.54 Å². The number of imidazole rings is 1. The second kappa shape index (κ2) is 4.43. The molecule has 6 nitrogen and oxygen atoms in total. The van der Waals surface area contributed by atoms with Crippen molar-refractivity contribution in [1.82, 2.24) is 9.55 Å². The quantitative estimate of drug-likeness (QED) is 0.744. The SMILES string of the molecule is CCCCn1ccnc1OS(=O)(=O)O. The molecule has 0 bridgehead atoms. The molecular formula is C7H12N2O4S. The smallest absolute Gasteiger partial charge is 0.324 e. The van der Waals surface area contributed by atoms with Gasteiger partial charge in [0.25, 0.3) is 0 Å². The minimum atomic E-state index is -4.48. The van der Waals surface area contributed by atoms with Crippen LogP contribution in [0, 0.1) is 0 Å². The Morgan fingerprint density at radius 1 is 1.64 bits per heavy atom. The molecule has 1 rings (SSSR count). The number of aromatic nitrogens is 2. The lowest BCUT2D eigenvalue weighted by Crippen LogP contribution is -2.11. The number of aryl methyl sites for hydroxylation is 1. The first kappa shape index (κ1) is 11.0. The maximum absolute atomic E-state index is 10.4. The first-order valence-corrected chi connectivity index (χ1v) is 5.57. The molecule has 14 heavy (non-hydrogen) atoms. The first-order valence-electron chi connectivity index (χ1n) is 4.21. The van der Waals surface area contributed by atoms with Gasteiger partial charge in [-0.25, -0.2) is 4.98 Å². The highest BCUT2D eigenvalue weighted by molar-refractivity contribution is 7.81. The van der Waals surface area contributed by atoms with Crippen molar-refractivity contribution in [2.24, 2.45) is 0 Å². The molecule has 0 radical (unpaired) electrons. The lowest BCUT2D eigenvalue weighted by molar-refractivity contribution is 0.362. The Morgan fingerprint density at radius 3 is 2.93 bits per heavy atom. The monoisotopic (exact) mass is 220 g/mol. The van der Waals surface area contributed by atoms with E-state index in [9.17, 15) is 8.42 Å². The van der Waals surface area contributed by atoms with Gasteiger partial charge in [-0.2, -0.15) is 8.42 Å². The number of unbranched alkanes of at least 4 members (excludes halogenated alkanes) is 1. The van der Waals surface area contributed by atoms with Gasteiger partial charge in [0.2, 0.25) is 0 Å². The third-order valence-electron chi connectivity index (χ3n) is 1.61. The zero-order valence-corrected chi connectivity index (χ0v) is 8.57. The summed E-state index contributed by atoms with van der Waals surface area (Å²) in [6.45, 7) is 2.63. The third kappa shape index (κ3) is 3.35. The van der Waals surface area contributed by atoms with E-state index in [0.717, 1.165) is 12.8 Å². The Hall–Kier alpha value is -1.08. The molecule has 1 N–H and O–H groups in total. The molecule has 7 heteroatoms. The van der Waals surface area contributed by atoms with E-state index in [-0.39, 0.29) is 6.01 Å². The van der Waals surface area contributed by atoms with E-state index < -0.39 is 10.4 Å². The van der Waals surface area contributed by atoms with Gasteiger partial charge in [0.05, 0.1) is 0 Å². The Bertz CT molecular complexity index is 384. The molecule has 0 aliphatic heterocycles. The van der Waals surface area contributed by atoms with Crippen molar-refractivity contribution in [3.05, 3.63) is 12.4 Å². The molecule has 0 aliphatic rings. The van der Waals surface area contributed by atoms with E-state index in [1.165, 1.54) is 10.8 Å². The van der Waals surface area contributed by atoms with Crippen molar-refractivity contribution >= 4 is 10.4 Å². The van der Waals surface area contributed by atoms with Crippen LogP contribution in [0.5, 0.6) is 6.01 Å². The van der Waals surface area contributed by atoms with E-state index in [2.05, 4.69) is 9.17 Å². The fraction of sp³-hybridized carbons (Fsp3) is 0.571. The van der Waals surface area contributed by atoms with Gasteiger partial charge < -0.3 is 8.75 Å². The maximum Gasteiger partial charge on any atom is 0.449 e. The highest BCUT2D eigenvalue weighted by Gasteiger charge is 2.11. The van der Waals surface area contributed by atoms with Gasteiger partial charge in [-0.05, 0) is 6.42 Å². The van der Waals surface area contributed by atoms with Crippen LogP contribution in [0.4, 0.5) is 0 Å². The molecule has 0 fully saturated rings. The second-order valence-electron chi connectivity index (χ2n) is 2.77. The summed E-state index contributed by atoms with van der Waals surface area (Å²) < 4.78 is 35.0. The van der Waals surface area contributed by atoms with Crippen LogP contribution in [-0.4, -0.2) is 22.5 Å². The lowest BCUT2D eigenvalue weighted by atomic mass is 10.3. The molecular weight excluding hydrogens is 208 g/mol. The molecule has 0 spiro atoms. The van der Waals surface area contributed by atoms with Crippen molar-refractivity contribution < 1.29 is 17.2 Å². The van der Waals surface area contributed by atoms with E-state index in [4.69, 9.17) is 4.55 Å². The van der Waals surface area contributed by atoms with Crippen LogP contribution in [-0.2, 0) is 16.9 Å². The molecule has 0 unspecified atom stereocenters. The zero-order chi connectivity index (χ0) is 10.6. The molecule has 1 aromatic heterocycles. The van der Waals surface area contributed by atoms with E-state index >= 15 is 0 Å². The average molecular weight is 220 g/mol. The Kier molecular flexibility index (Phi) is 3.48. The summed E-state index contributed by atoms with van der Waals surface area (Å²) in [6.07, 6.45) is 4.87. The highest BCUT2D eigenvalue weighted by atomic mass is 32.3. The summed E-state index contributed by atoms with van der Waals surface area (Å²) in [4.78, 5) is 3.66. The summed E-state index contributed by atoms with van der Waals surface area (Å²) in [7, 11) is -4.48. The largest absolute Gasteiger partial charge is 0.449 e. The summed E-state index contributed by atoms with van der Waals surface area (Å²) in [5.41, 5.74) is 0. The molecule has 80 valence electrons. The fourth-order valence-electron chi connectivity index (χ4n) is 0.978. The molecule has 1 heterocycles. The van der Waals surface area contributed by atoms with Crippen LogP contribution >= 0.6 is 0 Å². The standard InChI is InChI=1S/C7H12N2O4S/c1-2-3-5-9-6-4-8-7(9)13-14(10,11)12/h4,6H,2-3,5H2,1H3,(H,10,11,12). The van der Waals surface area contributed by atoms with E-state index in [1.54, 1.807) is 6.20 Å². The fourth-order valence-corrected chi connectivity index (χ4v) is 1.30. The average Bonchev–Trinajstić information content (AvgIpc) is 2.45. The van der Waals surface area contributed by atoms with Crippen molar-refractivity contribution in [2.75, 3.05) is 0 Å². The van der Waals surface area contributed by atoms with Crippen molar-refractivity contribution in [3.8, 4) is 6.01 Å². The predicted molar refractivity (Wildman–Crippen MR) is 49.3 cm³/mol. The van der Waals surface area contributed by atoms with Crippen LogP contribution in [0.25, 0.3) is 0 Å². The van der Waals surface area contributed by atoms with Crippen LogP contribution in [0.15, 0.2) is 12.4 Å². The van der Waals surface area contributed by atoms with E-state index in [1.807, 2.05) is 6.92 Å². The highest BCUT2D eigenvalue weighted by Crippen LogP contribution is 2.10. The predicted octanol–water partition coefficient (Wildman–Crippen LogP) is 0.865. The van der Waals surface area contributed by atoms with Gasteiger partial charge in [0.1, 0.15) is 0 Å². The van der Waals surface area contributed by atoms with Crippen LogP contribution < -0.4 is 4.18 Å². The minimum absolute atomic E-state index is 0.110. The van der Waals surface area contributed by atoms with Gasteiger partial charge in [-0.15, -0.1) is 0 Å². The minimum Gasteiger partial charge on any atom is -0.324 e. The van der Waals surface area contributed by atoms with Crippen LogP contribution in [0.1, 0.15) is 19.8 Å². The summed E-state index contributed by atoms with van der Waals surface area (Å²) in [5.74, 6) is 0. The zero-order valence-electron chi connectivity index (χ0n) is 7.75. The Labute approximate surface area is 82.5 Å². The van der Waals surface area contributed by atoms with Crippen LogP contribution in [0.3, 0.4) is 0 Å². The summed E-state index contributed by atoms with van der Waals surface area (Å²) in [5, 5.41) is 0. The van der Waals surface area contributed by atoms with Gasteiger partial charge >= 0.3 is 16.4 Å². The molecule has 0 aromatic carbocycles. The number of hydrogen-bond acceptors (Lipinski definition) is 4. The van der Waals surface area contributed by atoms with Gasteiger partial charge in [-0.1, -0.05) is 13.3 Å². The topological polar surface area (TPSA) is 81.4 Å². The molecule has 0 saturated carbocycles. The van der Waals surface area contributed by atoms with Crippen molar-refractivity contribution in [3.63, 3.8) is 0 Å². The first-order chi connectivity index (χ1) is 6.53. The van der Waals surface area contributed by atoms with Crippen LogP contribution in [0.2, 0.25) is 0 Å².